The normalized spacial score (nSPS) is 12.0. The first-order chi connectivity index (χ1) is 3.72. The topological polar surface area (TPSA) is 51.8 Å². The van der Waals surface area contributed by atoms with Crippen LogP contribution in [0.2, 0.25) is 0 Å². The van der Waals surface area contributed by atoms with Crippen molar-refractivity contribution in [2.75, 3.05) is 5.73 Å². The van der Waals surface area contributed by atoms with Crippen LogP contribution in [0.25, 0.3) is 0 Å². The molecule has 0 radical (unpaired) electrons. The first-order valence-corrected chi connectivity index (χ1v) is 4.30. The molecule has 0 saturated carbocycles. The number of thiol groups is 1. The van der Waals surface area contributed by atoms with E-state index in [2.05, 4.69) is 21.9 Å². The summed E-state index contributed by atoms with van der Waals surface area (Å²) in [5, 5.41) is 8.74. The van der Waals surface area contributed by atoms with Crippen molar-refractivity contribution in [2.45, 2.75) is 6.92 Å². The quantitative estimate of drug-likeness (QED) is 0.325. The molecule has 0 aromatic carbocycles. The standard InChI is InChI=1S/C3H6N3S2/c1-2-5-6-3(4)8(2)7/h7H,1H3,(H2,4,6)/q+1. The SMILES string of the molecule is Cc1nnc(N)[s+]1S. The molecule has 1 unspecified atom stereocenters. The van der Waals surface area contributed by atoms with Gasteiger partial charge in [0.15, 0.2) is 0 Å². The summed E-state index contributed by atoms with van der Waals surface area (Å²) in [6.45, 7) is 1.86. The van der Waals surface area contributed by atoms with Crippen LogP contribution in [-0.2, 0) is 0 Å². The molecule has 0 fully saturated rings. The minimum Gasteiger partial charge on any atom is -0.337 e. The third-order valence-electron chi connectivity index (χ3n) is 0.767. The van der Waals surface area contributed by atoms with Gasteiger partial charge in [-0.15, -0.1) is 0 Å². The van der Waals surface area contributed by atoms with Crippen LogP contribution in [0.15, 0.2) is 0 Å². The second-order valence-corrected chi connectivity index (χ2v) is 4.02. The van der Waals surface area contributed by atoms with Crippen molar-refractivity contribution >= 4 is 26.3 Å². The lowest BCUT2D eigenvalue weighted by Crippen LogP contribution is -1.80. The molecule has 3 nitrogen and oxygen atoms in total. The summed E-state index contributed by atoms with van der Waals surface area (Å²) >= 11 is 4.12. The average Bonchev–Trinajstić information content (AvgIpc) is 1.98. The lowest BCUT2D eigenvalue weighted by atomic mass is 10.9. The molecule has 0 aliphatic heterocycles. The Bertz CT molecular complexity index is 175. The minimum atomic E-state index is -0.290. The first kappa shape index (κ1) is 5.84. The van der Waals surface area contributed by atoms with E-state index in [-0.39, 0.29) is 9.50 Å². The largest absolute Gasteiger partial charge is 0.370 e. The van der Waals surface area contributed by atoms with Gasteiger partial charge in [0.2, 0.25) is 0 Å². The predicted molar refractivity (Wildman–Crippen MR) is 38.0 cm³/mol. The fraction of sp³-hybridized carbons (Fsp3) is 0.333. The predicted octanol–water partition coefficient (Wildman–Crippen LogP) is 0.809. The zero-order valence-electron chi connectivity index (χ0n) is 4.33. The van der Waals surface area contributed by atoms with Gasteiger partial charge in [-0.3, -0.25) is 0 Å². The third-order valence-corrected chi connectivity index (χ3v) is 3.24. The molecule has 0 aliphatic rings. The van der Waals surface area contributed by atoms with Gasteiger partial charge in [-0.1, -0.05) is 10.2 Å². The van der Waals surface area contributed by atoms with E-state index in [1.54, 1.807) is 0 Å². The number of nitrogens with two attached hydrogens (primary N) is 1. The first-order valence-electron chi connectivity index (χ1n) is 2.03. The highest BCUT2D eigenvalue weighted by Crippen LogP contribution is 2.30. The van der Waals surface area contributed by atoms with Gasteiger partial charge in [-0.2, -0.15) is 0 Å². The highest BCUT2D eigenvalue weighted by molar-refractivity contribution is 8.34. The maximum atomic E-state index is 5.34. The van der Waals surface area contributed by atoms with Crippen LogP contribution in [-0.4, -0.2) is 10.2 Å². The van der Waals surface area contributed by atoms with Gasteiger partial charge in [-0.25, -0.2) is 0 Å². The van der Waals surface area contributed by atoms with Gasteiger partial charge in [0.05, 0.1) is 0 Å². The average molecular weight is 148 g/mol. The highest BCUT2D eigenvalue weighted by atomic mass is 33.1. The molecule has 0 spiro atoms. The Morgan fingerprint density at radius 1 is 1.62 bits per heavy atom. The summed E-state index contributed by atoms with van der Waals surface area (Å²) in [5.74, 6) is 0. The molecule has 0 aliphatic carbocycles. The fourth-order valence-corrected chi connectivity index (χ4v) is 1.11. The maximum absolute atomic E-state index is 5.34. The second kappa shape index (κ2) is 1.91. The van der Waals surface area contributed by atoms with Crippen LogP contribution in [0.3, 0.4) is 0 Å². The van der Waals surface area contributed by atoms with Gasteiger partial charge in [-0.05, 0) is 0 Å². The van der Waals surface area contributed by atoms with E-state index in [4.69, 9.17) is 5.73 Å². The molecule has 8 heavy (non-hydrogen) atoms. The molecule has 1 heterocycles. The van der Waals surface area contributed by atoms with Crippen LogP contribution in [0.1, 0.15) is 5.01 Å². The van der Waals surface area contributed by atoms with Gasteiger partial charge in [0.1, 0.15) is 21.2 Å². The summed E-state index contributed by atoms with van der Waals surface area (Å²) < 4.78 is 0. The van der Waals surface area contributed by atoms with E-state index < -0.39 is 0 Å². The lowest BCUT2D eigenvalue weighted by Gasteiger charge is -1.69. The minimum absolute atomic E-state index is 0.290. The molecule has 1 rings (SSSR count). The molecule has 0 bridgehead atoms. The van der Waals surface area contributed by atoms with Crippen molar-refractivity contribution < 1.29 is 0 Å². The van der Waals surface area contributed by atoms with E-state index in [1.807, 2.05) is 6.92 Å². The van der Waals surface area contributed by atoms with Crippen molar-refractivity contribution in [3.63, 3.8) is 0 Å². The Morgan fingerprint density at radius 2 is 2.25 bits per heavy atom. The Kier molecular flexibility index (Phi) is 1.39. The van der Waals surface area contributed by atoms with E-state index >= 15 is 0 Å². The number of anilines is 1. The van der Waals surface area contributed by atoms with Crippen molar-refractivity contribution in [2.24, 2.45) is 0 Å². The Balaban J connectivity index is 3.19. The monoisotopic (exact) mass is 148 g/mol. The molecular weight excluding hydrogens is 142 g/mol. The molecule has 1 atom stereocenters. The molecule has 5 heteroatoms. The maximum Gasteiger partial charge on any atom is 0.370 e. The molecule has 44 valence electrons. The van der Waals surface area contributed by atoms with Crippen LogP contribution in [0.4, 0.5) is 5.13 Å². The zero-order valence-corrected chi connectivity index (χ0v) is 6.04. The lowest BCUT2D eigenvalue weighted by molar-refractivity contribution is 1.06. The third kappa shape index (κ3) is 0.784. The molecule has 1 aromatic heterocycles. The van der Waals surface area contributed by atoms with Crippen molar-refractivity contribution in [1.29, 1.82) is 0 Å². The van der Waals surface area contributed by atoms with E-state index in [9.17, 15) is 0 Å². The van der Waals surface area contributed by atoms with Gasteiger partial charge in [0.25, 0.3) is 5.01 Å². The molecule has 2 N–H and O–H groups in total. The zero-order chi connectivity index (χ0) is 6.15. The van der Waals surface area contributed by atoms with E-state index in [0.717, 1.165) is 5.01 Å². The summed E-state index contributed by atoms with van der Waals surface area (Å²) in [7, 11) is -0.290. The van der Waals surface area contributed by atoms with E-state index in [0.29, 0.717) is 5.13 Å². The van der Waals surface area contributed by atoms with Gasteiger partial charge in [0, 0.05) is 6.92 Å². The van der Waals surface area contributed by atoms with Crippen LogP contribution in [0.5, 0.6) is 0 Å². The number of nitrogens with zero attached hydrogens (tertiary/aromatic N) is 2. The van der Waals surface area contributed by atoms with Crippen LogP contribution in [0, 0.1) is 6.92 Å². The van der Waals surface area contributed by atoms with Crippen LogP contribution >= 0.6 is 21.2 Å². The molecule has 0 amide bonds. The molecule has 1 aromatic rings. The van der Waals surface area contributed by atoms with Crippen molar-refractivity contribution in [3.8, 4) is 0 Å². The Hall–Kier alpha value is -0.290. The number of aryl methyl sites for hydroxylation is 1. The molecule has 0 saturated heterocycles. The number of nitrogen functional groups attached to an aromatic ring is 1. The summed E-state index contributed by atoms with van der Waals surface area (Å²) in [6, 6.07) is 0. The fourth-order valence-electron chi connectivity index (χ4n) is 0.348. The highest BCUT2D eigenvalue weighted by Gasteiger charge is 2.13. The molecular formula is C3H6N3S2+. The number of hydrogen-bond donors (Lipinski definition) is 2. The summed E-state index contributed by atoms with van der Waals surface area (Å²) in [4.78, 5) is 0. The summed E-state index contributed by atoms with van der Waals surface area (Å²) in [5.41, 5.74) is 5.34. The summed E-state index contributed by atoms with van der Waals surface area (Å²) in [6.07, 6.45) is 0. The number of hydrogen-bond acceptors (Lipinski definition) is 4. The van der Waals surface area contributed by atoms with Gasteiger partial charge < -0.3 is 5.73 Å². The Morgan fingerprint density at radius 3 is 2.38 bits per heavy atom. The number of rotatable bonds is 0. The van der Waals surface area contributed by atoms with Crippen molar-refractivity contribution in [1.82, 2.24) is 10.2 Å². The van der Waals surface area contributed by atoms with Gasteiger partial charge >= 0.3 is 5.13 Å². The van der Waals surface area contributed by atoms with Crippen molar-refractivity contribution in [3.05, 3.63) is 5.01 Å². The Labute approximate surface area is 54.7 Å². The van der Waals surface area contributed by atoms with Crippen LogP contribution < -0.4 is 5.73 Å². The van der Waals surface area contributed by atoms with E-state index in [1.165, 1.54) is 0 Å². The number of aromatic nitrogens is 2. The smallest absolute Gasteiger partial charge is 0.337 e. The second-order valence-electron chi connectivity index (χ2n) is 1.34.